The zero-order chi connectivity index (χ0) is 15.5. The maximum atomic E-state index is 12.0. The lowest BCUT2D eigenvalue weighted by Crippen LogP contribution is -2.51. The standard InChI is InChI=1S/C12H15N3O5/c1-3-12(2,11(17)18)14-10(16)7-4-5-8(13)9(6-7)15(19)20/h4-6H,3,13H2,1-2H3,(H,14,16)(H,17,18). The van der Waals surface area contributed by atoms with E-state index in [2.05, 4.69) is 5.32 Å². The molecule has 20 heavy (non-hydrogen) atoms. The van der Waals surface area contributed by atoms with E-state index in [1.54, 1.807) is 6.92 Å². The molecule has 8 nitrogen and oxygen atoms in total. The maximum absolute atomic E-state index is 12.0. The Morgan fingerprint density at radius 1 is 1.50 bits per heavy atom. The number of carbonyl (C=O) groups is 2. The SMILES string of the molecule is CCC(C)(NC(=O)c1ccc(N)c([N+](=O)[O-])c1)C(=O)O. The lowest BCUT2D eigenvalue weighted by molar-refractivity contribution is -0.383. The maximum Gasteiger partial charge on any atom is 0.329 e. The number of nitrogen functional groups attached to an aromatic ring is 1. The highest BCUT2D eigenvalue weighted by Gasteiger charge is 2.33. The molecular formula is C12H15N3O5. The molecule has 0 aliphatic heterocycles. The van der Waals surface area contributed by atoms with Crippen LogP contribution in [0.2, 0.25) is 0 Å². The molecule has 1 aromatic rings. The number of rotatable bonds is 5. The van der Waals surface area contributed by atoms with Crippen molar-refractivity contribution in [1.29, 1.82) is 0 Å². The number of carbonyl (C=O) groups excluding carboxylic acids is 1. The van der Waals surface area contributed by atoms with E-state index in [0.29, 0.717) is 0 Å². The minimum atomic E-state index is -1.44. The number of nitrogens with zero attached hydrogens (tertiary/aromatic N) is 1. The van der Waals surface area contributed by atoms with E-state index in [-0.39, 0.29) is 17.7 Å². The van der Waals surface area contributed by atoms with Gasteiger partial charge in [0.05, 0.1) is 4.92 Å². The van der Waals surface area contributed by atoms with Crippen molar-refractivity contribution < 1.29 is 19.6 Å². The quantitative estimate of drug-likeness (QED) is 0.421. The van der Waals surface area contributed by atoms with Gasteiger partial charge in [-0.15, -0.1) is 0 Å². The summed E-state index contributed by atoms with van der Waals surface area (Å²) in [6.45, 7) is 2.97. The molecule has 0 spiro atoms. The smallest absolute Gasteiger partial charge is 0.329 e. The topological polar surface area (TPSA) is 136 Å². The Balaban J connectivity index is 3.07. The van der Waals surface area contributed by atoms with Crippen LogP contribution in [-0.4, -0.2) is 27.4 Å². The van der Waals surface area contributed by atoms with Gasteiger partial charge in [0.25, 0.3) is 11.6 Å². The van der Waals surface area contributed by atoms with Crippen molar-refractivity contribution in [3.8, 4) is 0 Å². The van der Waals surface area contributed by atoms with Crippen molar-refractivity contribution >= 4 is 23.3 Å². The Morgan fingerprint density at radius 2 is 2.10 bits per heavy atom. The number of hydrogen-bond donors (Lipinski definition) is 3. The first-order valence-electron chi connectivity index (χ1n) is 5.81. The molecule has 0 saturated carbocycles. The van der Waals surface area contributed by atoms with Gasteiger partial charge in [0.15, 0.2) is 0 Å². The average molecular weight is 281 g/mol. The van der Waals surface area contributed by atoms with Crippen LogP contribution >= 0.6 is 0 Å². The van der Waals surface area contributed by atoms with E-state index in [1.165, 1.54) is 19.1 Å². The van der Waals surface area contributed by atoms with E-state index in [9.17, 15) is 19.7 Å². The first-order valence-corrected chi connectivity index (χ1v) is 5.81. The molecule has 1 aromatic carbocycles. The lowest BCUT2D eigenvalue weighted by atomic mass is 9.98. The van der Waals surface area contributed by atoms with Crippen LogP contribution in [0.25, 0.3) is 0 Å². The van der Waals surface area contributed by atoms with Crippen LogP contribution in [0.1, 0.15) is 30.6 Å². The van der Waals surface area contributed by atoms with Crippen molar-refractivity contribution in [3.63, 3.8) is 0 Å². The monoisotopic (exact) mass is 281 g/mol. The van der Waals surface area contributed by atoms with Crippen molar-refractivity contribution in [1.82, 2.24) is 5.32 Å². The number of carboxylic acid groups (broad SMARTS) is 1. The minimum Gasteiger partial charge on any atom is -0.480 e. The molecule has 1 rings (SSSR count). The summed E-state index contributed by atoms with van der Waals surface area (Å²) in [5.74, 6) is -1.89. The molecule has 0 fully saturated rings. The molecule has 1 amide bonds. The van der Waals surface area contributed by atoms with Gasteiger partial charge >= 0.3 is 5.97 Å². The average Bonchev–Trinajstić information content (AvgIpc) is 2.38. The van der Waals surface area contributed by atoms with Crippen LogP contribution in [0.4, 0.5) is 11.4 Å². The molecule has 1 atom stereocenters. The molecule has 0 aromatic heterocycles. The summed E-state index contributed by atoms with van der Waals surface area (Å²) in [4.78, 5) is 33.1. The van der Waals surface area contributed by atoms with Crippen LogP contribution in [0.3, 0.4) is 0 Å². The zero-order valence-electron chi connectivity index (χ0n) is 11.0. The highest BCUT2D eigenvalue weighted by Crippen LogP contribution is 2.22. The second-order valence-electron chi connectivity index (χ2n) is 4.48. The van der Waals surface area contributed by atoms with Crippen molar-refractivity contribution in [3.05, 3.63) is 33.9 Å². The number of aliphatic carboxylic acids is 1. The summed E-state index contributed by atoms with van der Waals surface area (Å²) in [6, 6.07) is 3.55. The van der Waals surface area contributed by atoms with Crippen molar-refractivity contribution in [2.24, 2.45) is 0 Å². The van der Waals surface area contributed by atoms with Crippen LogP contribution in [0.15, 0.2) is 18.2 Å². The van der Waals surface area contributed by atoms with Gasteiger partial charge in [-0.25, -0.2) is 4.79 Å². The summed E-state index contributed by atoms with van der Waals surface area (Å²) in [6.07, 6.45) is 0.172. The second kappa shape index (κ2) is 5.55. The lowest BCUT2D eigenvalue weighted by Gasteiger charge is -2.24. The highest BCUT2D eigenvalue weighted by molar-refractivity contribution is 5.98. The third kappa shape index (κ3) is 3.02. The Labute approximate surface area is 114 Å². The van der Waals surface area contributed by atoms with Gasteiger partial charge in [0.1, 0.15) is 11.2 Å². The number of hydrogen-bond acceptors (Lipinski definition) is 5. The van der Waals surface area contributed by atoms with Gasteiger partial charge in [0.2, 0.25) is 0 Å². The van der Waals surface area contributed by atoms with Gasteiger partial charge in [-0.2, -0.15) is 0 Å². The predicted octanol–water partition coefficient (Wildman–Crippen LogP) is 1.16. The number of amides is 1. The van der Waals surface area contributed by atoms with Crippen molar-refractivity contribution in [2.45, 2.75) is 25.8 Å². The summed E-state index contributed by atoms with van der Waals surface area (Å²) in [7, 11) is 0. The summed E-state index contributed by atoms with van der Waals surface area (Å²) >= 11 is 0. The first-order chi connectivity index (χ1) is 9.21. The van der Waals surface area contributed by atoms with Crippen LogP contribution in [0.5, 0.6) is 0 Å². The van der Waals surface area contributed by atoms with Gasteiger partial charge in [0, 0.05) is 11.6 Å². The van der Waals surface area contributed by atoms with Crippen LogP contribution < -0.4 is 11.1 Å². The number of benzene rings is 1. The predicted molar refractivity (Wildman–Crippen MR) is 71.3 cm³/mol. The fourth-order valence-electron chi connectivity index (χ4n) is 1.46. The Kier molecular flexibility index (Phi) is 4.28. The molecule has 0 saturated heterocycles. The second-order valence-corrected chi connectivity index (χ2v) is 4.48. The molecule has 0 bridgehead atoms. The molecule has 1 unspecified atom stereocenters. The highest BCUT2D eigenvalue weighted by atomic mass is 16.6. The van der Waals surface area contributed by atoms with E-state index < -0.39 is 28.0 Å². The van der Waals surface area contributed by atoms with Crippen LogP contribution in [0, 0.1) is 10.1 Å². The van der Waals surface area contributed by atoms with E-state index in [1.807, 2.05) is 0 Å². The fourth-order valence-corrected chi connectivity index (χ4v) is 1.46. The summed E-state index contributed by atoms with van der Waals surface area (Å²) in [5.41, 5.74) is 3.50. The molecule has 108 valence electrons. The molecule has 0 heterocycles. The number of carboxylic acids is 1. The normalized spacial score (nSPS) is 13.3. The van der Waals surface area contributed by atoms with E-state index >= 15 is 0 Å². The van der Waals surface area contributed by atoms with Gasteiger partial charge < -0.3 is 16.2 Å². The van der Waals surface area contributed by atoms with Gasteiger partial charge in [-0.05, 0) is 25.5 Å². The summed E-state index contributed by atoms with van der Waals surface area (Å²) < 4.78 is 0. The Bertz CT molecular complexity index is 572. The number of nitro benzene ring substituents is 1. The van der Waals surface area contributed by atoms with Gasteiger partial charge in [-0.3, -0.25) is 14.9 Å². The number of anilines is 1. The molecule has 0 aliphatic carbocycles. The Hall–Kier alpha value is -2.64. The molecular weight excluding hydrogens is 266 g/mol. The molecule has 0 aliphatic rings. The third-order valence-corrected chi connectivity index (χ3v) is 3.06. The summed E-state index contributed by atoms with van der Waals surface area (Å²) in [5, 5.41) is 22.2. The van der Waals surface area contributed by atoms with Crippen molar-refractivity contribution in [2.75, 3.05) is 5.73 Å². The number of nitrogens with one attached hydrogen (secondary N) is 1. The third-order valence-electron chi connectivity index (χ3n) is 3.06. The largest absolute Gasteiger partial charge is 0.480 e. The van der Waals surface area contributed by atoms with E-state index in [0.717, 1.165) is 6.07 Å². The molecule has 0 radical (unpaired) electrons. The van der Waals surface area contributed by atoms with E-state index in [4.69, 9.17) is 10.8 Å². The minimum absolute atomic E-state index is 0.0215. The van der Waals surface area contributed by atoms with Crippen LogP contribution in [-0.2, 0) is 4.79 Å². The molecule has 8 heteroatoms. The number of nitro groups is 1. The molecule has 4 N–H and O–H groups in total. The number of nitrogens with two attached hydrogens (primary N) is 1. The zero-order valence-corrected chi connectivity index (χ0v) is 11.0. The van der Waals surface area contributed by atoms with Gasteiger partial charge in [-0.1, -0.05) is 6.92 Å². The Morgan fingerprint density at radius 3 is 2.55 bits per heavy atom. The fraction of sp³-hybridized carbons (Fsp3) is 0.333. The first kappa shape index (κ1) is 15.4.